The van der Waals surface area contributed by atoms with Crippen LogP contribution in [0, 0.1) is 5.92 Å². The van der Waals surface area contributed by atoms with Gasteiger partial charge in [0.2, 0.25) is 5.91 Å². The predicted octanol–water partition coefficient (Wildman–Crippen LogP) is 3.36. The molecule has 0 saturated carbocycles. The third kappa shape index (κ3) is 5.05. The van der Waals surface area contributed by atoms with Crippen LogP contribution in [0.4, 0.5) is 5.82 Å². The molecule has 1 saturated heterocycles. The van der Waals surface area contributed by atoms with E-state index in [1.807, 2.05) is 38.1 Å². The fourth-order valence-electron chi connectivity index (χ4n) is 5.05. The van der Waals surface area contributed by atoms with Crippen molar-refractivity contribution in [2.24, 2.45) is 18.7 Å². The van der Waals surface area contributed by atoms with Crippen LogP contribution < -0.4 is 11.1 Å². The molecule has 188 valence electrons. The zero-order valence-electron chi connectivity index (χ0n) is 21.3. The second-order valence-corrected chi connectivity index (χ2v) is 10.1. The van der Waals surface area contributed by atoms with Crippen molar-refractivity contribution >= 4 is 33.5 Å². The zero-order chi connectivity index (χ0) is 25.2. The summed E-state index contributed by atoms with van der Waals surface area (Å²) in [7, 11) is 2.15. The van der Waals surface area contributed by atoms with E-state index in [0.29, 0.717) is 12.4 Å². The Bertz CT molecular complexity index is 1370. The average molecular weight is 486 g/mol. The first-order valence-electron chi connectivity index (χ1n) is 12.7. The van der Waals surface area contributed by atoms with Gasteiger partial charge in [-0.15, -0.1) is 0 Å². The summed E-state index contributed by atoms with van der Waals surface area (Å²) in [5, 5.41) is 5.48. The lowest BCUT2D eigenvalue weighted by atomic mass is 10.0. The van der Waals surface area contributed by atoms with Crippen molar-refractivity contribution in [1.29, 1.82) is 0 Å². The first-order valence-corrected chi connectivity index (χ1v) is 12.7. The van der Waals surface area contributed by atoms with Gasteiger partial charge in [0, 0.05) is 56.4 Å². The number of fused-ring (bicyclic) bond motifs is 2. The van der Waals surface area contributed by atoms with E-state index in [2.05, 4.69) is 57.1 Å². The van der Waals surface area contributed by atoms with E-state index in [0.717, 1.165) is 49.5 Å². The number of anilines is 1. The molecule has 0 unspecified atom stereocenters. The number of nitrogens with two attached hydrogens (primary N) is 1. The molecule has 3 N–H and O–H groups in total. The van der Waals surface area contributed by atoms with Crippen molar-refractivity contribution in [3.63, 3.8) is 0 Å². The summed E-state index contributed by atoms with van der Waals surface area (Å²) in [6.45, 7) is 9.48. The predicted molar refractivity (Wildman–Crippen MR) is 144 cm³/mol. The number of nitrogens with zero attached hydrogens (tertiary/aromatic N) is 5. The number of nitrogens with one attached hydrogen (secondary N) is 1. The molecule has 3 heterocycles. The topological polar surface area (TPSA) is 92.3 Å². The van der Waals surface area contributed by atoms with E-state index in [1.54, 1.807) is 0 Å². The molecule has 4 aromatic rings. The molecule has 0 radical (unpaired) electrons. The summed E-state index contributed by atoms with van der Waals surface area (Å²) >= 11 is 0. The number of primary amides is 1. The van der Waals surface area contributed by atoms with E-state index in [-0.39, 0.29) is 11.8 Å². The monoisotopic (exact) mass is 485 g/mol. The minimum Gasteiger partial charge on any atom is -0.368 e. The fraction of sp³-hybridized carbons (Fsp3) is 0.393. The maximum atomic E-state index is 12.0. The molecule has 0 bridgehead atoms. The fourth-order valence-corrected chi connectivity index (χ4v) is 5.05. The van der Waals surface area contributed by atoms with E-state index in [1.165, 1.54) is 16.6 Å². The van der Waals surface area contributed by atoms with E-state index < -0.39 is 6.04 Å². The molecule has 5 rings (SSSR count). The second kappa shape index (κ2) is 10.2. The lowest BCUT2D eigenvalue weighted by Gasteiger charge is -2.34. The quantitative estimate of drug-likeness (QED) is 0.398. The number of benzene rings is 2. The van der Waals surface area contributed by atoms with Gasteiger partial charge in [0.25, 0.3) is 0 Å². The number of aromatic nitrogens is 3. The summed E-state index contributed by atoms with van der Waals surface area (Å²) in [5.41, 5.74) is 9.14. The van der Waals surface area contributed by atoms with Crippen LogP contribution in [0.1, 0.15) is 25.4 Å². The highest BCUT2D eigenvalue weighted by atomic mass is 16.1. The standard InChI is InChI=1S/C28H35N7O/c1-19(2)26(27(29)36)32-28-22-9-5-6-10-23(22)30-25(31-28)18-35-14-12-34(13-15-35)17-21-16-20-8-4-7-11-24(20)33(21)3/h4-11,16,19,26H,12-15,17-18H2,1-3H3,(H2,29,36)(H,30,31,32)/t26-/m0/s1. The highest BCUT2D eigenvalue weighted by Crippen LogP contribution is 2.24. The Kier molecular flexibility index (Phi) is 6.89. The molecular formula is C28H35N7O. The SMILES string of the molecule is CC(C)[C@H](Nc1nc(CN2CCN(Cc3cc4ccccc4n3C)CC2)nc2ccccc12)C(N)=O. The number of rotatable bonds is 8. The van der Waals surface area contributed by atoms with Gasteiger partial charge in [0.15, 0.2) is 0 Å². The second-order valence-electron chi connectivity index (χ2n) is 10.1. The number of para-hydroxylation sites is 2. The van der Waals surface area contributed by atoms with Gasteiger partial charge in [-0.3, -0.25) is 14.6 Å². The zero-order valence-corrected chi connectivity index (χ0v) is 21.3. The minimum atomic E-state index is -0.492. The van der Waals surface area contributed by atoms with Crippen molar-refractivity contribution in [2.75, 3.05) is 31.5 Å². The van der Waals surface area contributed by atoms with Crippen LogP contribution in [0.5, 0.6) is 0 Å². The molecule has 1 fully saturated rings. The van der Waals surface area contributed by atoms with Crippen LogP contribution in [-0.4, -0.2) is 62.5 Å². The van der Waals surface area contributed by atoms with Gasteiger partial charge in [-0.25, -0.2) is 9.97 Å². The van der Waals surface area contributed by atoms with Crippen LogP contribution >= 0.6 is 0 Å². The Morgan fingerprint density at radius 1 is 0.972 bits per heavy atom. The molecule has 1 atom stereocenters. The summed E-state index contributed by atoms with van der Waals surface area (Å²) in [5.74, 6) is 1.10. The van der Waals surface area contributed by atoms with Crippen LogP contribution in [0.15, 0.2) is 54.6 Å². The highest BCUT2D eigenvalue weighted by Gasteiger charge is 2.23. The third-order valence-electron chi connectivity index (χ3n) is 7.18. The van der Waals surface area contributed by atoms with Crippen LogP contribution in [0.25, 0.3) is 21.8 Å². The number of hydrogen-bond donors (Lipinski definition) is 2. The molecule has 36 heavy (non-hydrogen) atoms. The Balaban J connectivity index is 1.27. The van der Waals surface area contributed by atoms with Crippen LogP contribution in [-0.2, 0) is 24.9 Å². The normalized spacial score (nSPS) is 16.1. The van der Waals surface area contributed by atoms with E-state index >= 15 is 0 Å². The Labute approximate surface area is 212 Å². The molecule has 1 aliphatic rings. The molecule has 0 spiro atoms. The highest BCUT2D eigenvalue weighted by molar-refractivity contribution is 5.92. The summed E-state index contributed by atoms with van der Waals surface area (Å²) < 4.78 is 2.30. The molecule has 1 amide bonds. The molecule has 1 aliphatic heterocycles. The van der Waals surface area contributed by atoms with Gasteiger partial charge in [-0.1, -0.05) is 44.2 Å². The van der Waals surface area contributed by atoms with Gasteiger partial charge in [-0.2, -0.15) is 0 Å². The third-order valence-corrected chi connectivity index (χ3v) is 7.18. The maximum Gasteiger partial charge on any atom is 0.240 e. The largest absolute Gasteiger partial charge is 0.368 e. The van der Waals surface area contributed by atoms with Gasteiger partial charge in [0.1, 0.15) is 17.7 Å². The maximum absolute atomic E-state index is 12.0. The van der Waals surface area contributed by atoms with E-state index in [9.17, 15) is 4.79 Å². The molecular weight excluding hydrogens is 450 g/mol. The van der Waals surface area contributed by atoms with Crippen molar-refractivity contribution in [2.45, 2.75) is 33.0 Å². The van der Waals surface area contributed by atoms with Crippen LogP contribution in [0.2, 0.25) is 0 Å². The van der Waals surface area contributed by atoms with Crippen molar-refractivity contribution in [3.8, 4) is 0 Å². The molecule has 2 aromatic heterocycles. The van der Waals surface area contributed by atoms with Crippen molar-refractivity contribution in [3.05, 3.63) is 66.1 Å². The van der Waals surface area contributed by atoms with Crippen molar-refractivity contribution < 1.29 is 4.79 Å². The van der Waals surface area contributed by atoms with Gasteiger partial charge in [0.05, 0.1) is 12.1 Å². The number of hydrogen-bond acceptors (Lipinski definition) is 6. The Morgan fingerprint density at radius 3 is 2.33 bits per heavy atom. The average Bonchev–Trinajstić information content (AvgIpc) is 3.18. The molecule has 8 heteroatoms. The van der Waals surface area contributed by atoms with Crippen LogP contribution in [0.3, 0.4) is 0 Å². The Hall–Kier alpha value is -3.49. The first-order chi connectivity index (χ1) is 17.4. The molecule has 2 aromatic carbocycles. The van der Waals surface area contributed by atoms with Gasteiger partial charge in [-0.05, 0) is 35.6 Å². The summed E-state index contributed by atoms with van der Waals surface area (Å²) in [6.07, 6.45) is 0. The smallest absolute Gasteiger partial charge is 0.240 e. The lowest BCUT2D eigenvalue weighted by Crippen LogP contribution is -2.45. The number of carbonyl (C=O) groups is 1. The molecule has 0 aliphatic carbocycles. The summed E-state index contributed by atoms with van der Waals surface area (Å²) in [4.78, 5) is 26.6. The van der Waals surface area contributed by atoms with Gasteiger partial charge < -0.3 is 15.6 Å². The molecule has 8 nitrogen and oxygen atoms in total. The number of amides is 1. The number of aryl methyl sites for hydroxylation is 1. The van der Waals surface area contributed by atoms with Gasteiger partial charge >= 0.3 is 0 Å². The summed E-state index contributed by atoms with van der Waals surface area (Å²) in [6, 6.07) is 18.3. The number of carbonyl (C=O) groups excluding carboxylic acids is 1. The first kappa shape index (κ1) is 24.2. The van der Waals surface area contributed by atoms with Crippen molar-refractivity contribution in [1.82, 2.24) is 24.3 Å². The Morgan fingerprint density at radius 2 is 1.64 bits per heavy atom. The lowest BCUT2D eigenvalue weighted by molar-refractivity contribution is -0.119. The minimum absolute atomic E-state index is 0.0505. The number of piperazine rings is 1. The van der Waals surface area contributed by atoms with E-state index in [4.69, 9.17) is 15.7 Å².